The van der Waals surface area contributed by atoms with Crippen molar-refractivity contribution in [1.82, 2.24) is 19.3 Å². The summed E-state index contributed by atoms with van der Waals surface area (Å²) in [7, 11) is -3.57. The number of nitrogens with zero attached hydrogens (tertiary/aromatic N) is 4. The summed E-state index contributed by atoms with van der Waals surface area (Å²) in [5.41, 5.74) is 2.59. The van der Waals surface area contributed by atoms with Crippen molar-refractivity contribution in [3.05, 3.63) is 60.0 Å². The van der Waals surface area contributed by atoms with Gasteiger partial charge in [0.25, 0.3) is 0 Å². The van der Waals surface area contributed by atoms with Crippen LogP contribution in [-0.4, -0.2) is 73.1 Å². The van der Waals surface area contributed by atoms with Crippen molar-refractivity contribution in [1.29, 1.82) is 0 Å². The minimum absolute atomic E-state index is 0.0837. The number of benzene rings is 2. The van der Waals surface area contributed by atoms with Crippen LogP contribution in [0.3, 0.4) is 0 Å². The first-order valence-electron chi connectivity index (χ1n) is 12.5. The highest BCUT2D eigenvalue weighted by atomic mass is 32.2. The second-order valence-corrected chi connectivity index (χ2v) is 11.4. The number of hydrogen-bond acceptors (Lipinski definition) is 8. The zero-order valence-electron chi connectivity index (χ0n) is 20.8. The fourth-order valence-electron chi connectivity index (χ4n) is 4.75. The van der Waals surface area contributed by atoms with Crippen molar-refractivity contribution in [2.45, 2.75) is 31.2 Å². The normalized spacial score (nSPS) is 19.5. The van der Waals surface area contributed by atoms with Crippen molar-refractivity contribution in [2.24, 2.45) is 5.92 Å². The summed E-state index contributed by atoms with van der Waals surface area (Å²) in [6.45, 7) is 5.40. The first-order chi connectivity index (χ1) is 17.9. The molecular formula is C26H31N5O5S. The van der Waals surface area contributed by atoms with Crippen molar-refractivity contribution in [2.75, 3.05) is 44.7 Å². The van der Waals surface area contributed by atoms with Gasteiger partial charge in [-0.3, -0.25) is 9.69 Å². The number of ether oxygens (including phenoxy) is 1. The molecule has 1 N–H and O–H groups in total. The predicted octanol–water partition coefficient (Wildman–Crippen LogP) is 2.92. The molecule has 37 heavy (non-hydrogen) atoms. The number of likely N-dealkylation sites (tertiary alicyclic amines) is 1. The molecule has 3 aromatic rings. The third kappa shape index (κ3) is 5.90. The Morgan fingerprint density at radius 2 is 1.84 bits per heavy atom. The van der Waals surface area contributed by atoms with Crippen LogP contribution < -0.4 is 5.32 Å². The number of sulfonamides is 1. The molecule has 0 saturated carbocycles. The maximum Gasteiger partial charge on any atom is 0.243 e. The maximum absolute atomic E-state index is 13.0. The standard InChI is InChI=1S/C26H31N5O5S/c1-19-5-2-3-7-23(19)25-28-24(36-29-25)18-30-12-4-6-20(17-30)26(32)27-21-8-10-22(11-9-21)37(33,34)31-13-15-35-16-14-31/h2-3,5,7-11,20H,4,6,12-18H2,1H3,(H,27,32). The molecule has 1 unspecified atom stereocenters. The summed E-state index contributed by atoms with van der Waals surface area (Å²) in [5.74, 6) is 0.818. The van der Waals surface area contributed by atoms with Crippen LogP contribution in [0, 0.1) is 12.8 Å². The van der Waals surface area contributed by atoms with E-state index in [1.54, 1.807) is 12.1 Å². The molecule has 0 spiro atoms. The van der Waals surface area contributed by atoms with E-state index in [0.717, 1.165) is 30.5 Å². The van der Waals surface area contributed by atoms with E-state index < -0.39 is 10.0 Å². The van der Waals surface area contributed by atoms with Gasteiger partial charge in [-0.15, -0.1) is 0 Å². The highest BCUT2D eigenvalue weighted by Gasteiger charge is 2.28. The molecule has 1 atom stereocenters. The van der Waals surface area contributed by atoms with Gasteiger partial charge in [-0.1, -0.05) is 29.4 Å². The number of nitrogens with one attached hydrogen (secondary N) is 1. The number of rotatable bonds is 7. The van der Waals surface area contributed by atoms with Crippen molar-refractivity contribution in [3.63, 3.8) is 0 Å². The number of hydrogen-bond donors (Lipinski definition) is 1. The van der Waals surface area contributed by atoms with E-state index in [0.29, 0.717) is 56.8 Å². The summed E-state index contributed by atoms with van der Waals surface area (Å²) < 4.78 is 37.8. The van der Waals surface area contributed by atoms with Gasteiger partial charge >= 0.3 is 0 Å². The van der Waals surface area contributed by atoms with Crippen LogP contribution in [-0.2, 0) is 26.1 Å². The van der Waals surface area contributed by atoms with Crippen LogP contribution in [0.25, 0.3) is 11.4 Å². The maximum atomic E-state index is 13.0. The van der Waals surface area contributed by atoms with Crippen LogP contribution in [0.1, 0.15) is 24.3 Å². The minimum Gasteiger partial charge on any atom is -0.379 e. The summed E-state index contributed by atoms with van der Waals surface area (Å²) in [5, 5.41) is 7.07. The molecule has 11 heteroatoms. The Balaban J connectivity index is 1.17. The SMILES string of the molecule is Cc1ccccc1-c1noc(CN2CCCC(C(=O)Nc3ccc(S(=O)(=O)N4CCOCC4)cc3)C2)n1. The minimum atomic E-state index is -3.57. The predicted molar refractivity (Wildman–Crippen MR) is 137 cm³/mol. The highest BCUT2D eigenvalue weighted by molar-refractivity contribution is 7.89. The van der Waals surface area contributed by atoms with Crippen LogP contribution in [0.2, 0.25) is 0 Å². The largest absolute Gasteiger partial charge is 0.379 e. The van der Waals surface area contributed by atoms with E-state index in [4.69, 9.17) is 9.26 Å². The van der Waals surface area contributed by atoms with Gasteiger partial charge in [0, 0.05) is 30.9 Å². The molecule has 2 aromatic carbocycles. The van der Waals surface area contributed by atoms with Crippen LogP contribution in [0.4, 0.5) is 5.69 Å². The van der Waals surface area contributed by atoms with E-state index >= 15 is 0 Å². The second kappa shape index (κ2) is 11.1. The number of amides is 1. The van der Waals surface area contributed by atoms with E-state index in [-0.39, 0.29) is 16.7 Å². The molecule has 3 heterocycles. The molecular weight excluding hydrogens is 494 g/mol. The highest BCUT2D eigenvalue weighted by Crippen LogP contribution is 2.24. The zero-order chi connectivity index (χ0) is 25.8. The van der Waals surface area contributed by atoms with Gasteiger partial charge < -0.3 is 14.6 Å². The molecule has 1 amide bonds. The van der Waals surface area contributed by atoms with Gasteiger partial charge in [0.15, 0.2) is 0 Å². The molecule has 5 rings (SSSR count). The molecule has 196 valence electrons. The van der Waals surface area contributed by atoms with Gasteiger partial charge in [0.05, 0.1) is 30.6 Å². The number of morpholine rings is 1. The Morgan fingerprint density at radius 1 is 1.08 bits per heavy atom. The smallest absolute Gasteiger partial charge is 0.243 e. The Hall–Kier alpha value is -3.12. The van der Waals surface area contributed by atoms with Gasteiger partial charge in [-0.05, 0) is 56.1 Å². The number of anilines is 1. The first-order valence-corrected chi connectivity index (χ1v) is 13.9. The Kier molecular flexibility index (Phi) is 7.65. The lowest BCUT2D eigenvalue weighted by Gasteiger charge is -2.30. The molecule has 0 radical (unpaired) electrons. The van der Waals surface area contributed by atoms with Crippen molar-refractivity contribution >= 4 is 21.6 Å². The molecule has 2 fully saturated rings. The van der Waals surface area contributed by atoms with E-state index in [9.17, 15) is 13.2 Å². The summed E-state index contributed by atoms with van der Waals surface area (Å²) in [6.07, 6.45) is 1.66. The fourth-order valence-corrected chi connectivity index (χ4v) is 6.16. The number of aromatic nitrogens is 2. The second-order valence-electron chi connectivity index (χ2n) is 9.43. The van der Waals surface area contributed by atoms with E-state index in [1.807, 2.05) is 31.2 Å². The summed E-state index contributed by atoms with van der Waals surface area (Å²) >= 11 is 0. The molecule has 1 aromatic heterocycles. The monoisotopic (exact) mass is 525 g/mol. The van der Waals surface area contributed by atoms with Gasteiger partial charge in [-0.25, -0.2) is 8.42 Å². The molecule has 10 nitrogen and oxygen atoms in total. The number of carbonyl (C=O) groups excluding carboxylic acids is 1. The third-order valence-electron chi connectivity index (χ3n) is 6.82. The lowest BCUT2D eigenvalue weighted by Crippen LogP contribution is -2.40. The zero-order valence-corrected chi connectivity index (χ0v) is 21.6. The van der Waals surface area contributed by atoms with Crippen molar-refractivity contribution in [3.8, 4) is 11.4 Å². The van der Waals surface area contributed by atoms with Gasteiger partial charge in [0.2, 0.25) is 27.6 Å². The van der Waals surface area contributed by atoms with Crippen LogP contribution in [0.5, 0.6) is 0 Å². The van der Waals surface area contributed by atoms with Crippen molar-refractivity contribution < 1.29 is 22.5 Å². The quantitative estimate of drug-likeness (QED) is 0.500. The summed E-state index contributed by atoms with van der Waals surface area (Å²) in [6, 6.07) is 14.2. The van der Waals surface area contributed by atoms with E-state index in [2.05, 4.69) is 20.4 Å². The number of aryl methyl sites for hydroxylation is 1. The molecule has 2 aliphatic heterocycles. The Labute approximate surface area is 216 Å². The lowest BCUT2D eigenvalue weighted by atomic mass is 9.97. The Morgan fingerprint density at radius 3 is 2.59 bits per heavy atom. The molecule has 2 aliphatic rings. The average Bonchev–Trinajstić information content (AvgIpc) is 3.38. The third-order valence-corrected chi connectivity index (χ3v) is 8.73. The number of piperidine rings is 1. The van der Waals surface area contributed by atoms with Crippen LogP contribution >= 0.6 is 0 Å². The Bertz CT molecular complexity index is 1340. The summed E-state index contributed by atoms with van der Waals surface area (Å²) in [4.78, 5) is 19.9. The fraction of sp³-hybridized carbons (Fsp3) is 0.423. The topological polar surface area (TPSA) is 118 Å². The molecule has 2 saturated heterocycles. The molecule has 0 aliphatic carbocycles. The first kappa shape index (κ1) is 25.5. The van der Waals surface area contributed by atoms with Gasteiger partial charge in [-0.2, -0.15) is 9.29 Å². The van der Waals surface area contributed by atoms with Crippen LogP contribution in [0.15, 0.2) is 57.9 Å². The van der Waals surface area contributed by atoms with Gasteiger partial charge in [0.1, 0.15) is 0 Å². The van der Waals surface area contributed by atoms with E-state index in [1.165, 1.54) is 16.4 Å². The number of carbonyl (C=O) groups is 1. The molecule has 0 bridgehead atoms. The average molecular weight is 526 g/mol. The lowest BCUT2D eigenvalue weighted by molar-refractivity contribution is -0.121.